The summed E-state index contributed by atoms with van der Waals surface area (Å²) in [5, 5.41) is 3.73. The molecule has 0 N–H and O–H groups in total. The number of aromatic nitrogens is 2. The highest BCUT2D eigenvalue weighted by Gasteiger charge is 2.28. The molecule has 1 aliphatic rings. The third-order valence-electron chi connectivity index (χ3n) is 2.74. The molecule has 16 heavy (non-hydrogen) atoms. The van der Waals surface area contributed by atoms with Gasteiger partial charge in [-0.1, -0.05) is 0 Å². The van der Waals surface area contributed by atoms with Gasteiger partial charge in [0.05, 0.1) is 23.3 Å². The Bertz CT molecular complexity index is 446. The zero-order valence-corrected chi connectivity index (χ0v) is 10.1. The minimum absolute atomic E-state index is 0.0157. The van der Waals surface area contributed by atoms with Crippen molar-refractivity contribution in [1.29, 1.82) is 0 Å². The molecule has 0 radical (unpaired) electrons. The lowest BCUT2D eigenvalue weighted by molar-refractivity contribution is 0.0990. The standard InChI is InChI=1S/C10H16N2O3S/c1-12-5-4-9(11-12)8-16(13,14)10-3-2-6-15-7-10/h4-5,10H,2-3,6-8H2,1H3. The van der Waals surface area contributed by atoms with E-state index in [9.17, 15) is 8.42 Å². The summed E-state index contributed by atoms with van der Waals surface area (Å²) in [4.78, 5) is 0. The van der Waals surface area contributed by atoms with E-state index in [1.165, 1.54) is 0 Å². The van der Waals surface area contributed by atoms with Crippen LogP contribution in [-0.4, -0.2) is 36.7 Å². The second kappa shape index (κ2) is 4.55. The Hall–Kier alpha value is -0.880. The van der Waals surface area contributed by atoms with Gasteiger partial charge in [-0.25, -0.2) is 8.42 Å². The molecule has 6 heteroatoms. The van der Waals surface area contributed by atoms with E-state index in [1.807, 2.05) is 0 Å². The summed E-state index contributed by atoms with van der Waals surface area (Å²) in [5.74, 6) is 0.0157. The Morgan fingerprint density at radius 3 is 3.00 bits per heavy atom. The number of hydrogen-bond donors (Lipinski definition) is 0. The zero-order chi connectivity index (χ0) is 11.6. The first kappa shape index (κ1) is 11.6. The van der Waals surface area contributed by atoms with Crippen molar-refractivity contribution in [1.82, 2.24) is 9.78 Å². The van der Waals surface area contributed by atoms with Crippen molar-refractivity contribution >= 4 is 9.84 Å². The Morgan fingerprint density at radius 2 is 2.44 bits per heavy atom. The van der Waals surface area contributed by atoms with Crippen LogP contribution in [0.15, 0.2) is 12.3 Å². The van der Waals surface area contributed by atoms with Crippen LogP contribution < -0.4 is 0 Å². The highest BCUT2D eigenvalue weighted by atomic mass is 32.2. The molecular formula is C10H16N2O3S. The van der Waals surface area contributed by atoms with Gasteiger partial charge >= 0.3 is 0 Å². The van der Waals surface area contributed by atoms with Crippen LogP contribution in [-0.2, 0) is 27.4 Å². The molecule has 0 saturated carbocycles. The van der Waals surface area contributed by atoms with Gasteiger partial charge < -0.3 is 4.74 Å². The third-order valence-corrected chi connectivity index (χ3v) is 4.83. The van der Waals surface area contributed by atoms with Crippen molar-refractivity contribution in [2.75, 3.05) is 13.2 Å². The van der Waals surface area contributed by atoms with E-state index in [1.54, 1.807) is 24.0 Å². The van der Waals surface area contributed by atoms with Gasteiger partial charge in [0.15, 0.2) is 9.84 Å². The van der Waals surface area contributed by atoms with E-state index in [-0.39, 0.29) is 11.0 Å². The highest BCUT2D eigenvalue weighted by Crippen LogP contribution is 2.18. The van der Waals surface area contributed by atoms with E-state index in [0.717, 1.165) is 6.42 Å². The van der Waals surface area contributed by atoms with E-state index in [0.29, 0.717) is 25.3 Å². The first-order chi connectivity index (χ1) is 7.58. The zero-order valence-electron chi connectivity index (χ0n) is 9.30. The maximum absolute atomic E-state index is 12.0. The summed E-state index contributed by atoms with van der Waals surface area (Å²) in [6.07, 6.45) is 3.28. The summed E-state index contributed by atoms with van der Waals surface area (Å²) in [7, 11) is -1.35. The molecule has 1 atom stereocenters. The van der Waals surface area contributed by atoms with E-state index < -0.39 is 9.84 Å². The van der Waals surface area contributed by atoms with Gasteiger partial charge in [0.2, 0.25) is 0 Å². The molecule has 2 rings (SSSR count). The summed E-state index contributed by atoms with van der Waals surface area (Å²) in [6, 6.07) is 1.74. The van der Waals surface area contributed by atoms with Gasteiger partial charge in [-0.15, -0.1) is 0 Å². The topological polar surface area (TPSA) is 61.2 Å². The predicted octanol–water partition coefficient (Wildman–Crippen LogP) is 0.514. The van der Waals surface area contributed by atoms with Crippen LogP contribution in [0.3, 0.4) is 0 Å². The van der Waals surface area contributed by atoms with Crippen LogP contribution >= 0.6 is 0 Å². The smallest absolute Gasteiger partial charge is 0.161 e. The molecule has 1 saturated heterocycles. The largest absolute Gasteiger partial charge is 0.380 e. The number of hydrogen-bond acceptors (Lipinski definition) is 4. The van der Waals surface area contributed by atoms with Crippen LogP contribution in [0.2, 0.25) is 0 Å². The molecule has 0 aliphatic carbocycles. The van der Waals surface area contributed by atoms with Crippen LogP contribution in [0.25, 0.3) is 0 Å². The monoisotopic (exact) mass is 244 g/mol. The van der Waals surface area contributed by atoms with Crippen LogP contribution in [0, 0.1) is 0 Å². The lowest BCUT2D eigenvalue weighted by atomic mass is 10.2. The SMILES string of the molecule is Cn1ccc(CS(=O)(=O)C2CCCOC2)n1. The molecule has 1 fully saturated rings. The van der Waals surface area contributed by atoms with Crippen LogP contribution in [0.1, 0.15) is 18.5 Å². The highest BCUT2D eigenvalue weighted by molar-refractivity contribution is 7.91. The summed E-state index contributed by atoms with van der Waals surface area (Å²) < 4.78 is 30.9. The number of rotatable bonds is 3. The van der Waals surface area contributed by atoms with E-state index >= 15 is 0 Å². The number of nitrogens with zero attached hydrogens (tertiary/aromatic N) is 2. The first-order valence-corrected chi connectivity index (χ1v) is 7.07. The average Bonchev–Trinajstić information content (AvgIpc) is 2.64. The quantitative estimate of drug-likeness (QED) is 0.777. The molecule has 0 amide bonds. The van der Waals surface area contributed by atoms with Gasteiger partial charge in [0.25, 0.3) is 0 Å². The number of sulfone groups is 1. The molecule has 1 unspecified atom stereocenters. The normalized spacial score (nSPS) is 22.2. The maximum atomic E-state index is 12.0. The van der Waals surface area contributed by atoms with Crippen molar-refractivity contribution in [2.45, 2.75) is 23.8 Å². The van der Waals surface area contributed by atoms with E-state index in [2.05, 4.69) is 5.10 Å². The summed E-state index contributed by atoms with van der Waals surface area (Å²) in [6.45, 7) is 1.00. The molecular weight excluding hydrogens is 228 g/mol. The van der Waals surface area contributed by atoms with E-state index in [4.69, 9.17) is 4.74 Å². The Morgan fingerprint density at radius 1 is 1.62 bits per heavy atom. The summed E-state index contributed by atoms with van der Waals surface area (Å²) in [5.41, 5.74) is 0.605. The minimum atomic E-state index is -3.12. The van der Waals surface area contributed by atoms with Gasteiger partial charge in [-0.05, 0) is 18.9 Å². The van der Waals surface area contributed by atoms with Gasteiger partial charge in [0, 0.05) is 19.9 Å². The molecule has 0 bridgehead atoms. The van der Waals surface area contributed by atoms with Gasteiger partial charge in [-0.3, -0.25) is 4.68 Å². The van der Waals surface area contributed by atoms with Crippen molar-refractivity contribution in [3.8, 4) is 0 Å². The van der Waals surface area contributed by atoms with Crippen LogP contribution in [0.5, 0.6) is 0 Å². The fourth-order valence-corrected chi connectivity index (χ4v) is 3.49. The molecule has 0 spiro atoms. The maximum Gasteiger partial charge on any atom is 0.161 e. The van der Waals surface area contributed by atoms with Crippen molar-refractivity contribution in [3.05, 3.63) is 18.0 Å². The Kier molecular flexibility index (Phi) is 3.30. The van der Waals surface area contributed by atoms with Gasteiger partial charge in [0.1, 0.15) is 0 Å². The minimum Gasteiger partial charge on any atom is -0.380 e. The molecule has 1 aliphatic heterocycles. The van der Waals surface area contributed by atoms with Crippen molar-refractivity contribution in [3.63, 3.8) is 0 Å². The third kappa shape index (κ3) is 2.62. The molecule has 2 heterocycles. The van der Waals surface area contributed by atoms with Crippen molar-refractivity contribution < 1.29 is 13.2 Å². The molecule has 90 valence electrons. The molecule has 1 aromatic heterocycles. The number of ether oxygens (including phenoxy) is 1. The first-order valence-electron chi connectivity index (χ1n) is 5.36. The van der Waals surface area contributed by atoms with Crippen LogP contribution in [0.4, 0.5) is 0 Å². The Balaban J connectivity index is 2.07. The van der Waals surface area contributed by atoms with Gasteiger partial charge in [-0.2, -0.15) is 5.10 Å². The van der Waals surface area contributed by atoms with Crippen molar-refractivity contribution in [2.24, 2.45) is 7.05 Å². The molecule has 0 aromatic carbocycles. The summed E-state index contributed by atoms with van der Waals surface area (Å²) >= 11 is 0. The fourth-order valence-electron chi connectivity index (χ4n) is 1.86. The lowest BCUT2D eigenvalue weighted by Crippen LogP contribution is -2.31. The fraction of sp³-hybridized carbons (Fsp3) is 0.700. The Labute approximate surface area is 95.3 Å². The lowest BCUT2D eigenvalue weighted by Gasteiger charge is -2.21. The molecule has 1 aromatic rings. The number of aryl methyl sites for hydroxylation is 1. The second-order valence-corrected chi connectivity index (χ2v) is 6.41. The predicted molar refractivity (Wildman–Crippen MR) is 59.7 cm³/mol. The second-order valence-electron chi connectivity index (χ2n) is 4.13. The average molecular weight is 244 g/mol. The molecule has 5 nitrogen and oxygen atoms in total.